The zero-order valence-electron chi connectivity index (χ0n) is 16.0. The molecule has 1 fully saturated rings. The fourth-order valence-electron chi connectivity index (χ4n) is 3.29. The molecule has 148 valence electrons. The number of nitrogens with zero attached hydrogens (tertiary/aromatic N) is 1. The molecule has 0 amide bonds. The first-order chi connectivity index (χ1) is 12.2. The van der Waals surface area contributed by atoms with Crippen LogP contribution in [0.15, 0.2) is 17.1 Å². The first-order valence-electron chi connectivity index (χ1n) is 9.03. The number of methoxy groups -OCH3 is 3. The molecule has 0 aromatic heterocycles. The van der Waals surface area contributed by atoms with E-state index in [1.54, 1.807) is 21.3 Å². The average molecular weight is 477 g/mol. The van der Waals surface area contributed by atoms with Crippen molar-refractivity contribution in [3.63, 3.8) is 0 Å². The van der Waals surface area contributed by atoms with Crippen molar-refractivity contribution >= 4 is 29.9 Å². The molecular formula is C19H32IN3O3. The fourth-order valence-corrected chi connectivity index (χ4v) is 3.29. The van der Waals surface area contributed by atoms with E-state index in [2.05, 4.69) is 10.3 Å². The van der Waals surface area contributed by atoms with Crippen LogP contribution >= 0.6 is 24.0 Å². The van der Waals surface area contributed by atoms with Gasteiger partial charge in [0.05, 0.1) is 21.3 Å². The van der Waals surface area contributed by atoms with E-state index in [1.165, 1.54) is 38.5 Å². The van der Waals surface area contributed by atoms with E-state index in [0.717, 1.165) is 17.1 Å². The Bertz CT molecular complexity index is 548. The summed E-state index contributed by atoms with van der Waals surface area (Å²) in [5.74, 6) is 2.71. The molecule has 0 aliphatic heterocycles. The van der Waals surface area contributed by atoms with Crippen LogP contribution in [0.2, 0.25) is 0 Å². The Kier molecular flexibility index (Phi) is 10.5. The van der Waals surface area contributed by atoms with Gasteiger partial charge in [0.25, 0.3) is 0 Å². The van der Waals surface area contributed by atoms with E-state index in [-0.39, 0.29) is 24.0 Å². The van der Waals surface area contributed by atoms with Crippen LogP contribution in [0.25, 0.3) is 0 Å². The SMILES string of the molecule is COc1cc(OC)c(CCN=C(N)NC2CCCCCC2)c(OC)c1.I. The molecule has 7 heteroatoms. The molecule has 0 bridgehead atoms. The summed E-state index contributed by atoms with van der Waals surface area (Å²) in [6, 6.07) is 4.17. The minimum Gasteiger partial charge on any atom is -0.496 e. The number of aliphatic imine (C=N–C) groups is 1. The predicted octanol–water partition coefficient (Wildman–Crippen LogP) is 3.50. The van der Waals surface area contributed by atoms with E-state index in [1.807, 2.05) is 12.1 Å². The molecule has 2 rings (SSSR count). The Morgan fingerprint density at radius 2 is 1.62 bits per heavy atom. The zero-order chi connectivity index (χ0) is 18.1. The van der Waals surface area contributed by atoms with Crippen LogP contribution in [-0.4, -0.2) is 39.9 Å². The number of hydrogen-bond donors (Lipinski definition) is 2. The maximum atomic E-state index is 6.06. The summed E-state index contributed by atoms with van der Waals surface area (Å²) >= 11 is 0. The van der Waals surface area contributed by atoms with E-state index in [9.17, 15) is 0 Å². The standard InChI is InChI=1S/C19H31N3O3.HI/c1-23-15-12-17(24-2)16(18(13-15)25-3)10-11-21-19(20)22-14-8-6-4-5-7-9-14;/h12-14H,4-11H2,1-3H3,(H3,20,21,22);1H. The van der Waals surface area contributed by atoms with Crippen LogP contribution in [0, 0.1) is 0 Å². The van der Waals surface area contributed by atoms with Gasteiger partial charge in [-0.1, -0.05) is 25.7 Å². The van der Waals surface area contributed by atoms with Gasteiger partial charge in [-0.25, -0.2) is 0 Å². The number of nitrogens with two attached hydrogens (primary N) is 1. The minimum atomic E-state index is 0. The Hall–Kier alpha value is -1.38. The molecule has 0 unspecified atom stereocenters. The molecular weight excluding hydrogens is 445 g/mol. The Morgan fingerprint density at radius 1 is 1.04 bits per heavy atom. The van der Waals surface area contributed by atoms with Gasteiger partial charge in [-0.05, 0) is 19.3 Å². The second kappa shape index (κ2) is 12.1. The normalized spacial score (nSPS) is 15.6. The van der Waals surface area contributed by atoms with E-state index in [4.69, 9.17) is 19.9 Å². The van der Waals surface area contributed by atoms with Crippen molar-refractivity contribution in [1.82, 2.24) is 5.32 Å². The molecule has 1 saturated carbocycles. The topological polar surface area (TPSA) is 78.1 Å². The van der Waals surface area contributed by atoms with Crippen molar-refractivity contribution < 1.29 is 14.2 Å². The van der Waals surface area contributed by atoms with Gasteiger partial charge < -0.3 is 25.3 Å². The lowest BCUT2D eigenvalue weighted by Gasteiger charge is -2.17. The van der Waals surface area contributed by atoms with Gasteiger partial charge in [0.15, 0.2) is 5.96 Å². The molecule has 0 atom stereocenters. The summed E-state index contributed by atoms with van der Waals surface area (Å²) in [5, 5.41) is 3.37. The zero-order valence-corrected chi connectivity index (χ0v) is 18.4. The lowest BCUT2D eigenvalue weighted by molar-refractivity contribution is 0.369. The quantitative estimate of drug-likeness (QED) is 0.272. The summed E-state index contributed by atoms with van der Waals surface area (Å²) in [7, 11) is 4.91. The summed E-state index contributed by atoms with van der Waals surface area (Å²) in [6.45, 7) is 0.574. The molecule has 0 radical (unpaired) electrons. The monoisotopic (exact) mass is 477 g/mol. The first-order valence-corrected chi connectivity index (χ1v) is 9.03. The molecule has 0 heterocycles. The second-order valence-electron chi connectivity index (χ2n) is 6.36. The van der Waals surface area contributed by atoms with Crippen LogP contribution in [0.4, 0.5) is 0 Å². The van der Waals surface area contributed by atoms with Crippen LogP contribution in [0.3, 0.4) is 0 Å². The van der Waals surface area contributed by atoms with Crippen LogP contribution in [0.5, 0.6) is 17.2 Å². The molecule has 26 heavy (non-hydrogen) atoms. The number of halogens is 1. The van der Waals surface area contributed by atoms with Crippen molar-refractivity contribution in [2.45, 2.75) is 51.0 Å². The highest BCUT2D eigenvalue weighted by atomic mass is 127. The number of guanidine groups is 1. The van der Waals surface area contributed by atoms with Crippen molar-refractivity contribution in [2.75, 3.05) is 27.9 Å². The van der Waals surface area contributed by atoms with Crippen molar-refractivity contribution in [3.8, 4) is 17.2 Å². The van der Waals surface area contributed by atoms with Gasteiger partial charge in [-0.3, -0.25) is 4.99 Å². The maximum Gasteiger partial charge on any atom is 0.188 e. The van der Waals surface area contributed by atoms with Crippen molar-refractivity contribution in [1.29, 1.82) is 0 Å². The van der Waals surface area contributed by atoms with E-state index < -0.39 is 0 Å². The third-order valence-electron chi connectivity index (χ3n) is 4.67. The lowest BCUT2D eigenvalue weighted by atomic mass is 10.1. The molecule has 0 spiro atoms. The first kappa shape index (κ1) is 22.7. The lowest BCUT2D eigenvalue weighted by Crippen LogP contribution is -2.40. The number of nitrogens with one attached hydrogen (secondary N) is 1. The van der Waals surface area contributed by atoms with Gasteiger partial charge in [0.1, 0.15) is 17.2 Å². The Labute approximate surface area is 173 Å². The molecule has 1 aromatic carbocycles. The van der Waals surface area contributed by atoms with E-state index in [0.29, 0.717) is 30.7 Å². The number of ether oxygens (including phenoxy) is 3. The van der Waals surface area contributed by atoms with Gasteiger partial charge >= 0.3 is 0 Å². The van der Waals surface area contributed by atoms with E-state index >= 15 is 0 Å². The van der Waals surface area contributed by atoms with Gasteiger partial charge in [-0.15, -0.1) is 24.0 Å². The molecule has 1 aliphatic carbocycles. The molecule has 1 aliphatic rings. The summed E-state index contributed by atoms with van der Waals surface area (Å²) < 4.78 is 16.2. The summed E-state index contributed by atoms with van der Waals surface area (Å²) in [6.07, 6.45) is 8.23. The van der Waals surface area contributed by atoms with Crippen molar-refractivity contribution in [3.05, 3.63) is 17.7 Å². The predicted molar refractivity (Wildman–Crippen MR) is 116 cm³/mol. The maximum absolute atomic E-state index is 6.06. The van der Waals surface area contributed by atoms with Gasteiger partial charge in [-0.2, -0.15) is 0 Å². The largest absolute Gasteiger partial charge is 0.496 e. The summed E-state index contributed by atoms with van der Waals surface area (Å²) in [4.78, 5) is 4.48. The third-order valence-corrected chi connectivity index (χ3v) is 4.67. The average Bonchev–Trinajstić information content (AvgIpc) is 2.90. The van der Waals surface area contributed by atoms with Crippen LogP contribution < -0.4 is 25.3 Å². The molecule has 0 saturated heterocycles. The third kappa shape index (κ3) is 6.74. The smallest absolute Gasteiger partial charge is 0.188 e. The van der Waals surface area contributed by atoms with Gasteiger partial charge in [0.2, 0.25) is 0 Å². The highest BCUT2D eigenvalue weighted by Crippen LogP contribution is 2.34. The number of hydrogen-bond acceptors (Lipinski definition) is 4. The highest BCUT2D eigenvalue weighted by Gasteiger charge is 2.14. The molecule has 1 aromatic rings. The Balaban J connectivity index is 0.00000338. The highest BCUT2D eigenvalue weighted by molar-refractivity contribution is 14.0. The second-order valence-corrected chi connectivity index (χ2v) is 6.36. The van der Waals surface area contributed by atoms with Crippen molar-refractivity contribution in [2.24, 2.45) is 10.7 Å². The summed E-state index contributed by atoms with van der Waals surface area (Å²) in [5.41, 5.74) is 7.03. The Morgan fingerprint density at radius 3 is 2.12 bits per heavy atom. The molecule has 6 nitrogen and oxygen atoms in total. The van der Waals surface area contributed by atoms with Gasteiger partial charge in [0, 0.05) is 30.3 Å². The number of rotatable bonds is 7. The van der Waals surface area contributed by atoms with Crippen LogP contribution in [-0.2, 0) is 6.42 Å². The minimum absolute atomic E-state index is 0. The molecule has 3 N–H and O–H groups in total. The number of benzene rings is 1. The fraction of sp³-hybridized carbons (Fsp3) is 0.632. The van der Waals surface area contributed by atoms with Crippen LogP contribution in [0.1, 0.15) is 44.1 Å².